The van der Waals surface area contributed by atoms with Crippen molar-refractivity contribution in [2.45, 2.75) is 26.8 Å². The average Bonchev–Trinajstić information content (AvgIpc) is 2.87. The monoisotopic (exact) mass is 514 g/mol. The Labute approximate surface area is 215 Å². The van der Waals surface area contributed by atoms with Crippen LogP contribution in [0.25, 0.3) is 0 Å². The third-order valence-corrected chi connectivity index (χ3v) is 5.85. The second-order valence-corrected chi connectivity index (χ2v) is 9.20. The minimum atomic E-state index is -0.794. The maximum absolute atomic E-state index is 12.8. The number of aryl methyl sites for hydroxylation is 1. The summed E-state index contributed by atoms with van der Waals surface area (Å²) in [7, 11) is 0. The van der Waals surface area contributed by atoms with Gasteiger partial charge in [0.05, 0.1) is 19.4 Å². The van der Waals surface area contributed by atoms with Crippen molar-refractivity contribution in [2.24, 2.45) is 11.0 Å². The smallest absolute Gasteiger partial charge is 0.262 e. The summed E-state index contributed by atoms with van der Waals surface area (Å²) in [5.41, 5.74) is 4.46. The average molecular weight is 515 g/mol. The van der Waals surface area contributed by atoms with Crippen molar-refractivity contribution in [3.63, 3.8) is 0 Å². The fourth-order valence-corrected chi connectivity index (χ4v) is 3.68. The van der Waals surface area contributed by atoms with Crippen LogP contribution in [0, 0.1) is 12.8 Å². The van der Waals surface area contributed by atoms with Crippen LogP contribution >= 0.6 is 11.6 Å². The maximum atomic E-state index is 12.8. The molecule has 0 spiro atoms. The van der Waals surface area contributed by atoms with Crippen molar-refractivity contribution in [2.75, 3.05) is 32.9 Å². The van der Waals surface area contributed by atoms with E-state index >= 15 is 0 Å². The van der Waals surface area contributed by atoms with Crippen LogP contribution in [0.2, 0.25) is 5.02 Å². The van der Waals surface area contributed by atoms with E-state index in [1.54, 1.807) is 35.2 Å². The Balaban J connectivity index is 1.61. The SMILES string of the molecule is Cc1ccc(C(=O)NC(C(=O)N/N=C\c2cc(Cl)ccc2OCC(=O)N2CCOCC2)C(C)C)cc1. The van der Waals surface area contributed by atoms with Crippen molar-refractivity contribution < 1.29 is 23.9 Å². The molecule has 3 rings (SSSR count). The van der Waals surface area contributed by atoms with Crippen LogP contribution < -0.4 is 15.5 Å². The first-order valence-electron chi connectivity index (χ1n) is 11.7. The fourth-order valence-electron chi connectivity index (χ4n) is 3.49. The lowest BCUT2D eigenvalue weighted by molar-refractivity contribution is -0.137. The number of hydrogen-bond acceptors (Lipinski definition) is 6. The van der Waals surface area contributed by atoms with Gasteiger partial charge in [0, 0.05) is 29.2 Å². The number of morpholine rings is 1. The molecule has 0 aromatic heterocycles. The molecule has 0 bridgehead atoms. The highest BCUT2D eigenvalue weighted by atomic mass is 35.5. The van der Waals surface area contributed by atoms with Crippen LogP contribution in [0.5, 0.6) is 5.75 Å². The minimum absolute atomic E-state index is 0.144. The normalized spacial score (nSPS) is 14.5. The first-order valence-corrected chi connectivity index (χ1v) is 12.1. The number of benzene rings is 2. The van der Waals surface area contributed by atoms with Crippen molar-refractivity contribution in [1.82, 2.24) is 15.6 Å². The molecule has 1 heterocycles. The third kappa shape index (κ3) is 7.79. The molecule has 3 amide bonds. The van der Waals surface area contributed by atoms with Gasteiger partial charge in [0.2, 0.25) is 0 Å². The lowest BCUT2D eigenvalue weighted by atomic mass is 10.0. The molecule has 1 aliphatic heterocycles. The Bertz CT molecular complexity index is 1100. The largest absolute Gasteiger partial charge is 0.483 e. The molecule has 36 heavy (non-hydrogen) atoms. The zero-order valence-corrected chi connectivity index (χ0v) is 21.4. The van der Waals surface area contributed by atoms with Crippen LogP contribution in [0.4, 0.5) is 0 Å². The fraction of sp³-hybridized carbons (Fsp3) is 0.385. The van der Waals surface area contributed by atoms with Gasteiger partial charge in [0.25, 0.3) is 17.7 Å². The zero-order chi connectivity index (χ0) is 26.1. The lowest BCUT2D eigenvalue weighted by Crippen LogP contribution is -2.48. The van der Waals surface area contributed by atoms with Crippen LogP contribution in [0.3, 0.4) is 0 Å². The van der Waals surface area contributed by atoms with Crippen LogP contribution in [0.15, 0.2) is 47.6 Å². The molecular formula is C26H31ClN4O5. The molecule has 0 aliphatic carbocycles. The summed E-state index contributed by atoms with van der Waals surface area (Å²) in [6, 6.07) is 11.2. The highest BCUT2D eigenvalue weighted by Gasteiger charge is 2.24. The number of halogens is 1. The molecule has 10 heteroatoms. The van der Waals surface area contributed by atoms with E-state index < -0.39 is 11.9 Å². The Morgan fingerprint density at radius 1 is 1.14 bits per heavy atom. The van der Waals surface area contributed by atoms with Gasteiger partial charge in [0.1, 0.15) is 11.8 Å². The molecule has 1 atom stereocenters. The van der Waals surface area contributed by atoms with E-state index in [0.29, 0.717) is 48.2 Å². The molecule has 0 saturated carbocycles. The third-order valence-electron chi connectivity index (χ3n) is 5.61. The molecule has 2 N–H and O–H groups in total. The van der Waals surface area contributed by atoms with Crippen molar-refractivity contribution in [3.8, 4) is 5.75 Å². The molecular weight excluding hydrogens is 484 g/mol. The van der Waals surface area contributed by atoms with Crippen LogP contribution in [0.1, 0.15) is 35.3 Å². The second-order valence-electron chi connectivity index (χ2n) is 8.76. The van der Waals surface area contributed by atoms with E-state index in [4.69, 9.17) is 21.1 Å². The standard InChI is InChI=1S/C26H31ClN4O5/c1-17(2)24(29-25(33)19-6-4-18(3)5-7-19)26(34)30-28-15-20-14-21(27)8-9-22(20)36-16-23(32)31-10-12-35-13-11-31/h4-9,14-15,17,24H,10-13,16H2,1-3H3,(H,29,33)(H,30,34)/b28-15-. The Morgan fingerprint density at radius 2 is 1.83 bits per heavy atom. The van der Waals surface area contributed by atoms with Crippen molar-refractivity contribution >= 4 is 35.5 Å². The Hall–Kier alpha value is -3.43. The molecule has 1 saturated heterocycles. The van der Waals surface area contributed by atoms with Gasteiger partial charge in [-0.25, -0.2) is 5.43 Å². The number of hydrogen-bond donors (Lipinski definition) is 2. The number of amides is 3. The predicted molar refractivity (Wildman–Crippen MR) is 137 cm³/mol. The molecule has 1 unspecified atom stereocenters. The van der Waals surface area contributed by atoms with Crippen LogP contribution in [-0.4, -0.2) is 67.8 Å². The first kappa shape index (κ1) is 27.2. The first-order chi connectivity index (χ1) is 17.2. The molecule has 1 fully saturated rings. The Morgan fingerprint density at radius 3 is 2.50 bits per heavy atom. The molecule has 2 aromatic rings. The lowest BCUT2D eigenvalue weighted by Gasteiger charge is -2.26. The van der Waals surface area contributed by atoms with E-state index in [9.17, 15) is 14.4 Å². The summed E-state index contributed by atoms with van der Waals surface area (Å²) < 4.78 is 11.0. The molecule has 1 aliphatic rings. The second kappa shape index (κ2) is 13.0. The quantitative estimate of drug-likeness (QED) is 0.395. The number of carbonyl (C=O) groups excluding carboxylic acids is 3. The van der Waals surface area contributed by atoms with Gasteiger partial charge < -0.3 is 19.7 Å². The van der Waals surface area contributed by atoms with Gasteiger partial charge in [-0.15, -0.1) is 0 Å². The summed E-state index contributed by atoms with van der Waals surface area (Å²) in [6.45, 7) is 7.52. The van der Waals surface area contributed by atoms with Gasteiger partial charge in [-0.05, 0) is 43.2 Å². The van der Waals surface area contributed by atoms with Gasteiger partial charge in [0.15, 0.2) is 6.61 Å². The number of nitrogens with zero attached hydrogens (tertiary/aromatic N) is 2. The highest BCUT2D eigenvalue weighted by Crippen LogP contribution is 2.21. The molecule has 9 nitrogen and oxygen atoms in total. The number of hydrazone groups is 1. The number of rotatable bonds is 9. The van der Waals surface area contributed by atoms with E-state index in [-0.39, 0.29) is 24.3 Å². The zero-order valence-electron chi connectivity index (χ0n) is 20.6. The summed E-state index contributed by atoms with van der Waals surface area (Å²) in [5, 5.41) is 7.24. The summed E-state index contributed by atoms with van der Waals surface area (Å²) >= 11 is 6.12. The van der Waals surface area contributed by atoms with Crippen molar-refractivity contribution in [3.05, 3.63) is 64.2 Å². The van der Waals surface area contributed by atoms with E-state index in [2.05, 4.69) is 15.8 Å². The van der Waals surface area contributed by atoms with E-state index in [0.717, 1.165) is 5.56 Å². The van der Waals surface area contributed by atoms with Gasteiger partial charge >= 0.3 is 0 Å². The molecule has 192 valence electrons. The van der Waals surface area contributed by atoms with Gasteiger partial charge in [-0.1, -0.05) is 43.1 Å². The minimum Gasteiger partial charge on any atom is -0.483 e. The summed E-state index contributed by atoms with van der Waals surface area (Å²) in [4.78, 5) is 39.5. The van der Waals surface area contributed by atoms with Crippen molar-refractivity contribution in [1.29, 1.82) is 0 Å². The number of nitrogens with one attached hydrogen (secondary N) is 2. The summed E-state index contributed by atoms with van der Waals surface area (Å²) in [5.74, 6) is -0.733. The van der Waals surface area contributed by atoms with E-state index in [1.165, 1.54) is 6.21 Å². The maximum Gasteiger partial charge on any atom is 0.262 e. The summed E-state index contributed by atoms with van der Waals surface area (Å²) in [6.07, 6.45) is 1.39. The molecule has 2 aromatic carbocycles. The van der Waals surface area contributed by atoms with E-state index in [1.807, 2.05) is 32.9 Å². The molecule has 0 radical (unpaired) electrons. The van der Waals surface area contributed by atoms with Gasteiger partial charge in [-0.3, -0.25) is 14.4 Å². The van der Waals surface area contributed by atoms with Gasteiger partial charge in [-0.2, -0.15) is 5.10 Å². The Kier molecular flexibility index (Phi) is 9.84. The van der Waals surface area contributed by atoms with Crippen LogP contribution in [-0.2, 0) is 14.3 Å². The number of carbonyl (C=O) groups is 3. The predicted octanol–water partition coefficient (Wildman–Crippen LogP) is 2.79. The highest BCUT2D eigenvalue weighted by molar-refractivity contribution is 6.30. The number of ether oxygens (including phenoxy) is 2. The topological polar surface area (TPSA) is 109 Å².